The van der Waals surface area contributed by atoms with Gasteiger partial charge >= 0.3 is 0 Å². The number of anilines is 1. The number of nitrogens with one attached hydrogen (secondary N) is 1. The van der Waals surface area contributed by atoms with Crippen LogP contribution in [-0.2, 0) is 32.4 Å². The molecule has 2 aromatic rings. The molecule has 0 fully saturated rings. The number of hydrogen-bond acceptors (Lipinski definition) is 5. The van der Waals surface area contributed by atoms with E-state index in [1.807, 2.05) is 24.3 Å². The minimum Gasteiger partial charge on any atom is -0.497 e. The zero-order chi connectivity index (χ0) is 21.0. The van der Waals surface area contributed by atoms with Crippen LogP contribution in [0.25, 0.3) is 0 Å². The Hall–Kier alpha value is -2.87. The maximum atomic E-state index is 12.6. The molecular weight excluding hydrogens is 392 g/mol. The van der Waals surface area contributed by atoms with Gasteiger partial charge in [-0.1, -0.05) is 12.1 Å². The SMILES string of the molecule is COc1cccc(CNC(=O)CCS(=O)(=O)c2ccc3c(c2)CCN3C(C)=O)c1. The fraction of sp³-hybridized carbons (Fsp3) is 0.333. The lowest BCUT2D eigenvalue weighted by Crippen LogP contribution is -2.26. The van der Waals surface area contributed by atoms with Gasteiger partial charge in [-0.2, -0.15) is 0 Å². The zero-order valence-electron chi connectivity index (χ0n) is 16.5. The van der Waals surface area contributed by atoms with Crippen molar-refractivity contribution in [2.24, 2.45) is 0 Å². The number of carbonyl (C=O) groups excluding carboxylic acids is 2. The average molecular weight is 416 g/mol. The molecule has 154 valence electrons. The molecule has 0 atom stereocenters. The minimum absolute atomic E-state index is 0.0629. The molecule has 0 radical (unpaired) electrons. The lowest BCUT2D eigenvalue weighted by molar-refractivity contribution is -0.121. The molecule has 2 aromatic carbocycles. The summed E-state index contributed by atoms with van der Waals surface area (Å²) < 4.78 is 30.4. The summed E-state index contributed by atoms with van der Waals surface area (Å²) in [7, 11) is -2.02. The van der Waals surface area contributed by atoms with Gasteiger partial charge in [0, 0.05) is 32.1 Å². The lowest BCUT2D eigenvalue weighted by Gasteiger charge is -2.15. The third-order valence-corrected chi connectivity index (χ3v) is 6.62. The van der Waals surface area contributed by atoms with Crippen molar-refractivity contribution >= 4 is 27.3 Å². The summed E-state index contributed by atoms with van der Waals surface area (Å²) in [6.45, 7) is 2.35. The fourth-order valence-electron chi connectivity index (χ4n) is 3.32. The van der Waals surface area contributed by atoms with Crippen LogP contribution in [0.3, 0.4) is 0 Å². The standard InChI is InChI=1S/C21H24N2O5S/c1-15(24)23-10-8-17-13-19(6-7-20(17)23)29(26,27)11-9-21(25)22-14-16-4-3-5-18(12-16)28-2/h3-7,12-13H,8-11,14H2,1-2H3,(H,22,25). The Morgan fingerprint density at radius 3 is 2.69 bits per heavy atom. The van der Waals surface area contributed by atoms with E-state index < -0.39 is 9.84 Å². The van der Waals surface area contributed by atoms with Gasteiger partial charge in [-0.15, -0.1) is 0 Å². The number of benzene rings is 2. The van der Waals surface area contributed by atoms with Gasteiger partial charge in [0.2, 0.25) is 11.8 Å². The molecule has 0 unspecified atom stereocenters. The third kappa shape index (κ3) is 4.95. The second-order valence-electron chi connectivity index (χ2n) is 6.91. The van der Waals surface area contributed by atoms with Crippen LogP contribution >= 0.6 is 0 Å². The molecule has 1 aliphatic rings. The van der Waals surface area contributed by atoms with Crippen molar-refractivity contribution in [1.29, 1.82) is 0 Å². The van der Waals surface area contributed by atoms with Crippen LogP contribution in [0.2, 0.25) is 0 Å². The molecule has 7 nitrogen and oxygen atoms in total. The number of nitrogens with zero attached hydrogens (tertiary/aromatic N) is 1. The summed E-state index contributed by atoms with van der Waals surface area (Å²) in [6.07, 6.45) is 0.502. The van der Waals surface area contributed by atoms with E-state index in [-0.39, 0.29) is 28.9 Å². The van der Waals surface area contributed by atoms with Crippen LogP contribution in [0.1, 0.15) is 24.5 Å². The Morgan fingerprint density at radius 2 is 1.97 bits per heavy atom. The average Bonchev–Trinajstić information content (AvgIpc) is 3.14. The molecular formula is C21H24N2O5S. The first-order valence-electron chi connectivity index (χ1n) is 9.33. The highest BCUT2D eigenvalue weighted by molar-refractivity contribution is 7.91. The molecule has 1 N–H and O–H groups in total. The van der Waals surface area contributed by atoms with Gasteiger partial charge in [0.15, 0.2) is 9.84 Å². The number of hydrogen-bond donors (Lipinski definition) is 1. The molecule has 3 rings (SSSR count). The Bertz CT molecular complexity index is 1030. The van der Waals surface area contributed by atoms with E-state index in [1.165, 1.54) is 13.0 Å². The molecule has 0 aliphatic carbocycles. The smallest absolute Gasteiger partial charge is 0.223 e. The largest absolute Gasteiger partial charge is 0.497 e. The maximum Gasteiger partial charge on any atom is 0.223 e. The minimum atomic E-state index is -3.59. The first-order valence-corrected chi connectivity index (χ1v) is 11.0. The lowest BCUT2D eigenvalue weighted by atomic mass is 10.2. The topological polar surface area (TPSA) is 92.8 Å². The van der Waals surface area contributed by atoms with Crippen molar-refractivity contribution in [3.63, 3.8) is 0 Å². The summed E-state index contributed by atoms with van der Waals surface area (Å²) in [5.41, 5.74) is 2.46. The Morgan fingerprint density at radius 1 is 1.17 bits per heavy atom. The van der Waals surface area contributed by atoms with Crippen LogP contribution < -0.4 is 15.0 Å². The number of amides is 2. The molecule has 0 saturated carbocycles. The van der Waals surface area contributed by atoms with Crippen LogP contribution in [0.4, 0.5) is 5.69 Å². The van der Waals surface area contributed by atoms with Gasteiger partial charge in [0.25, 0.3) is 0 Å². The van der Waals surface area contributed by atoms with E-state index in [2.05, 4.69) is 5.32 Å². The predicted octanol–water partition coefficient (Wildman–Crippen LogP) is 2.08. The highest BCUT2D eigenvalue weighted by Crippen LogP contribution is 2.30. The van der Waals surface area contributed by atoms with Gasteiger partial charge in [-0.25, -0.2) is 8.42 Å². The Balaban J connectivity index is 1.58. The van der Waals surface area contributed by atoms with Crippen LogP contribution in [0.5, 0.6) is 5.75 Å². The van der Waals surface area contributed by atoms with Crippen molar-refractivity contribution in [3.8, 4) is 5.75 Å². The fourth-order valence-corrected chi connectivity index (χ4v) is 4.60. The summed E-state index contributed by atoms with van der Waals surface area (Å²) in [4.78, 5) is 25.5. The van der Waals surface area contributed by atoms with Crippen molar-refractivity contribution in [2.75, 3.05) is 24.3 Å². The number of carbonyl (C=O) groups is 2. The molecule has 0 spiro atoms. The molecule has 0 aromatic heterocycles. The molecule has 0 bridgehead atoms. The summed E-state index contributed by atoms with van der Waals surface area (Å²) in [5, 5.41) is 2.73. The van der Waals surface area contributed by atoms with Gasteiger partial charge in [0.1, 0.15) is 5.75 Å². The van der Waals surface area contributed by atoms with Crippen molar-refractivity contribution in [2.45, 2.75) is 31.2 Å². The third-order valence-electron chi connectivity index (χ3n) is 4.91. The molecule has 8 heteroatoms. The number of methoxy groups -OCH3 is 1. The number of rotatable bonds is 7. The van der Waals surface area contributed by atoms with Crippen LogP contribution in [-0.4, -0.2) is 39.6 Å². The van der Waals surface area contributed by atoms with Crippen molar-refractivity contribution < 1.29 is 22.7 Å². The monoisotopic (exact) mass is 416 g/mol. The van der Waals surface area contributed by atoms with Crippen LogP contribution in [0, 0.1) is 0 Å². The number of sulfone groups is 1. The van der Waals surface area contributed by atoms with Gasteiger partial charge in [-0.3, -0.25) is 9.59 Å². The van der Waals surface area contributed by atoms with Gasteiger partial charge in [0.05, 0.1) is 17.8 Å². The first-order chi connectivity index (χ1) is 13.8. The molecule has 1 aliphatic heterocycles. The molecule has 1 heterocycles. The first kappa shape index (κ1) is 20.9. The molecule has 0 saturated heterocycles. The van der Waals surface area contributed by atoms with Crippen LogP contribution in [0.15, 0.2) is 47.4 Å². The normalized spacial score (nSPS) is 13.1. The van der Waals surface area contributed by atoms with E-state index >= 15 is 0 Å². The predicted molar refractivity (Wildman–Crippen MR) is 110 cm³/mol. The summed E-state index contributed by atoms with van der Waals surface area (Å²) >= 11 is 0. The summed E-state index contributed by atoms with van der Waals surface area (Å²) in [6, 6.07) is 12.1. The molecule has 29 heavy (non-hydrogen) atoms. The van der Waals surface area contributed by atoms with Crippen molar-refractivity contribution in [3.05, 3.63) is 53.6 Å². The summed E-state index contributed by atoms with van der Waals surface area (Å²) in [5.74, 6) is 0.0261. The quantitative estimate of drug-likeness (QED) is 0.746. The second kappa shape index (κ2) is 8.65. The molecule has 2 amide bonds. The van der Waals surface area contributed by atoms with E-state index in [0.717, 1.165) is 16.8 Å². The maximum absolute atomic E-state index is 12.6. The number of ether oxygens (including phenoxy) is 1. The van der Waals surface area contributed by atoms with E-state index in [0.29, 0.717) is 25.3 Å². The second-order valence-corrected chi connectivity index (χ2v) is 9.02. The number of fused-ring (bicyclic) bond motifs is 1. The highest BCUT2D eigenvalue weighted by Gasteiger charge is 2.25. The Labute approximate surface area is 170 Å². The highest BCUT2D eigenvalue weighted by atomic mass is 32.2. The van der Waals surface area contributed by atoms with E-state index in [4.69, 9.17) is 4.74 Å². The van der Waals surface area contributed by atoms with E-state index in [1.54, 1.807) is 24.1 Å². The van der Waals surface area contributed by atoms with Gasteiger partial charge in [-0.05, 0) is 47.9 Å². The van der Waals surface area contributed by atoms with Crippen molar-refractivity contribution in [1.82, 2.24) is 5.32 Å². The zero-order valence-corrected chi connectivity index (χ0v) is 17.3. The Kier molecular flexibility index (Phi) is 6.22. The van der Waals surface area contributed by atoms with E-state index in [9.17, 15) is 18.0 Å². The van der Waals surface area contributed by atoms with Gasteiger partial charge < -0.3 is 15.0 Å².